The molecule has 0 unspecified atom stereocenters. The van der Waals surface area contributed by atoms with Crippen LogP contribution in [0.15, 0.2) is 4.79 Å². The molecule has 0 atom stereocenters. The average molecular weight is 220 g/mol. The zero-order valence-corrected chi connectivity index (χ0v) is 8.61. The van der Waals surface area contributed by atoms with Crippen molar-refractivity contribution < 1.29 is 9.53 Å². The van der Waals surface area contributed by atoms with Gasteiger partial charge in [-0.05, 0) is 18.5 Å². The Hall–Kier alpha value is -1.14. The van der Waals surface area contributed by atoms with Crippen LogP contribution in [0.3, 0.4) is 0 Å². The fourth-order valence-electron chi connectivity index (χ4n) is 0.911. The Morgan fingerprint density at radius 3 is 2.71 bits per heavy atom. The number of hydrogen-bond acceptors (Lipinski definition) is 4. The molecule has 1 aromatic rings. The molecule has 0 amide bonds. The Kier molecular flexibility index (Phi) is 3.43. The van der Waals surface area contributed by atoms with Gasteiger partial charge in [-0.15, -0.1) is 9.78 Å². The summed E-state index contributed by atoms with van der Waals surface area (Å²) in [5.74, 6) is 0.367. The average Bonchev–Trinajstić information content (AvgIpc) is 2.42. The van der Waals surface area contributed by atoms with E-state index in [9.17, 15) is 9.59 Å². The highest BCUT2D eigenvalue weighted by atomic mass is 35.5. The fraction of sp³-hybridized carbons (Fsp3) is 0.571. The lowest BCUT2D eigenvalue weighted by Gasteiger charge is -1.97. The normalized spacial score (nSPS) is 10.5. The molecule has 1 rings (SSSR count). The molecular formula is C7H10ClN3O3. The Labute approximate surface area is 85.0 Å². The maximum Gasteiger partial charge on any atom is 0.354 e. The molecule has 0 saturated heterocycles. The first-order chi connectivity index (χ1) is 6.57. The molecule has 0 radical (unpaired) electrons. The van der Waals surface area contributed by atoms with Crippen LogP contribution >= 0.6 is 11.6 Å². The van der Waals surface area contributed by atoms with E-state index >= 15 is 0 Å². The second-order valence-corrected chi connectivity index (χ2v) is 2.88. The minimum absolute atomic E-state index is 0.180. The summed E-state index contributed by atoms with van der Waals surface area (Å²) in [6.07, 6.45) is 0. The van der Waals surface area contributed by atoms with Gasteiger partial charge >= 0.3 is 11.1 Å². The lowest BCUT2D eigenvalue weighted by Crippen LogP contribution is -2.25. The Morgan fingerprint density at radius 2 is 2.29 bits per heavy atom. The summed E-state index contributed by atoms with van der Waals surface area (Å²) in [4.78, 5) is 22.0. The monoisotopic (exact) mass is 219 g/mol. The second-order valence-electron chi connectivity index (χ2n) is 2.56. The standard InChI is InChI=1S/C7H10ClN3O3/c1-3-14-4-5-9-11(6(8)12)7(13)10(5)2/h3-4H2,1-2H3. The number of ether oxygens (including phenoxy) is 1. The van der Waals surface area contributed by atoms with Gasteiger partial charge in [-0.25, -0.2) is 4.79 Å². The van der Waals surface area contributed by atoms with Crippen LogP contribution in [0.1, 0.15) is 12.7 Å². The molecule has 14 heavy (non-hydrogen) atoms. The van der Waals surface area contributed by atoms with Gasteiger partial charge in [0.1, 0.15) is 6.61 Å². The molecule has 0 aromatic carbocycles. The van der Waals surface area contributed by atoms with Crippen LogP contribution < -0.4 is 5.69 Å². The quantitative estimate of drug-likeness (QED) is 0.687. The molecule has 1 heterocycles. The van der Waals surface area contributed by atoms with Crippen LogP contribution in [-0.4, -0.2) is 26.3 Å². The van der Waals surface area contributed by atoms with Gasteiger partial charge in [-0.2, -0.15) is 0 Å². The molecule has 0 aliphatic heterocycles. The van der Waals surface area contributed by atoms with Gasteiger partial charge < -0.3 is 4.74 Å². The van der Waals surface area contributed by atoms with E-state index in [1.54, 1.807) is 0 Å². The van der Waals surface area contributed by atoms with Gasteiger partial charge in [0.25, 0.3) is 0 Å². The number of carbonyl (C=O) groups excluding carboxylic acids is 1. The number of halogens is 1. The summed E-state index contributed by atoms with van der Waals surface area (Å²) >= 11 is 5.14. The minimum atomic E-state index is -0.923. The largest absolute Gasteiger partial charge is 0.374 e. The lowest BCUT2D eigenvalue weighted by molar-refractivity contribution is 0.126. The third-order valence-corrected chi connectivity index (χ3v) is 1.83. The van der Waals surface area contributed by atoms with Gasteiger partial charge in [0.2, 0.25) is 0 Å². The van der Waals surface area contributed by atoms with Gasteiger partial charge in [0, 0.05) is 13.7 Å². The number of aromatic nitrogens is 3. The van der Waals surface area contributed by atoms with E-state index < -0.39 is 11.1 Å². The molecule has 0 aliphatic rings. The number of rotatable bonds is 3. The molecule has 1 aromatic heterocycles. The summed E-state index contributed by atoms with van der Waals surface area (Å²) in [5, 5.41) is 2.78. The molecule has 0 spiro atoms. The Balaban J connectivity index is 3.03. The summed E-state index contributed by atoms with van der Waals surface area (Å²) in [7, 11) is 1.50. The van der Waals surface area contributed by atoms with Crippen LogP contribution in [-0.2, 0) is 18.4 Å². The van der Waals surface area contributed by atoms with E-state index in [-0.39, 0.29) is 6.61 Å². The van der Waals surface area contributed by atoms with E-state index in [4.69, 9.17) is 16.3 Å². The number of carbonyl (C=O) groups is 1. The molecule has 0 N–H and O–H groups in total. The Morgan fingerprint density at radius 1 is 1.64 bits per heavy atom. The topological polar surface area (TPSA) is 66.1 Å². The lowest BCUT2D eigenvalue weighted by atomic mass is 10.6. The summed E-state index contributed by atoms with van der Waals surface area (Å²) in [6.45, 7) is 2.51. The zero-order chi connectivity index (χ0) is 10.7. The third-order valence-electron chi connectivity index (χ3n) is 1.67. The molecule has 7 heteroatoms. The van der Waals surface area contributed by atoms with E-state index in [1.165, 1.54) is 11.6 Å². The first-order valence-corrected chi connectivity index (χ1v) is 4.38. The molecule has 0 saturated carbocycles. The first kappa shape index (κ1) is 10.9. The van der Waals surface area contributed by atoms with Crippen molar-refractivity contribution >= 4 is 17.0 Å². The maximum absolute atomic E-state index is 11.3. The van der Waals surface area contributed by atoms with Crippen LogP contribution in [0.2, 0.25) is 0 Å². The van der Waals surface area contributed by atoms with Crippen molar-refractivity contribution in [2.45, 2.75) is 13.5 Å². The van der Waals surface area contributed by atoms with Crippen molar-refractivity contribution in [3.05, 3.63) is 16.3 Å². The molecule has 78 valence electrons. The highest BCUT2D eigenvalue weighted by molar-refractivity contribution is 6.63. The molecule has 6 nitrogen and oxygen atoms in total. The first-order valence-electron chi connectivity index (χ1n) is 4.00. The fourth-order valence-corrected chi connectivity index (χ4v) is 1.02. The number of hydrogen-bond donors (Lipinski definition) is 0. The molecule has 0 fully saturated rings. The molecule has 0 bridgehead atoms. The summed E-state index contributed by atoms with van der Waals surface area (Å²) < 4.78 is 6.87. The van der Waals surface area contributed by atoms with E-state index in [1.807, 2.05) is 6.92 Å². The molecular weight excluding hydrogens is 210 g/mol. The van der Waals surface area contributed by atoms with Gasteiger partial charge in [-0.1, -0.05) is 0 Å². The Bertz CT molecular complexity index is 395. The number of nitrogens with zero attached hydrogens (tertiary/aromatic N) is 3. The molecule has 0 aliphatic carbocycles. The third kappa shape index (κ3) is 2.02. The highest BCUT2D eigenvalue weighted by Crippen LogP contribution is 1.95. The summed E-state index contributed by atoms with van der Waals surface area (Å²) in [5.41, 5.74) is -0.570. The van der Waals surface area contributed by atoms with Crippen molar-refractivity contribution in [2.24, 2.45) is 7.05 Å². The predicted molar refractivity (Wildman–Crippen MR) is 49.4 cm³/mol. The van der Waals surface area contributed by atoms with Crippen LogP contribution in [0.4, 0.5) is 4.79 Å². The van der Waals surface area contributed by atoms with E-state index in [0.717, 1.165) is 0 Å². The minimum Gasteiger partial charge on any atom is -0.374 e. The van der Waals surface area contributed by atoms with E-state index in [2.05, 4.69) is 5.10 Å². The SMILES string of the molecule is CCOCc1nn(C(=O)Cl)c(=O)n1C. The van der Waals surface area contributed by atoms with Gasteiger partial charge in [0.05, 0.1) is 0 Å². The van der Waals surface area contributed by atoms with Crippen molar-refractivity contribution in [1.82, 2.24) is 14.3 Å². The van der Waals surface area contributed by atoms with Crippen molar-refractivity contribution in [2.75, 3.05) is 6.61 Å². The zero-order valence-electron chi connectivity index (χ0n) is 7.86. The van der Waals surface area contributed by atoms with Crippen molar-refractivity contribution in [1.29, 1.82) is 0 Å². The maximum atomic E-state index is 11.3. The highest BCUT2D eigenvalue weighted by Gasteiger charge is 2.13. The van der Waals surface area contributed by atoms with Crippen molar-refractivity contribution in [3.8, 4) is 0 Å². The van der Waals surface area contributed by atoms with Crippen LogP contribution in [0, 0.1) is 0 Å². The van der Waals surface area contributed by atoms with E-state index in [0.29, 0.717) is 17.1 Å². The van der Waals surface area contributed by atoms with Crippen LogP contribution in [0.25, 0.3) is 0 Å². The smallest absolute Gasteiger partial charge is 0.354 e. The summed E-state index contributed by atoms with van der Waals surface area (Å²) in [6, 6.07) is 0. The van der Waals surface area contributed by atoms with Gasteiger partial charge in [-0.3, -0.25) is 9.36 Å². The van der Waals surface area contributed by atoms with Crippen molar-refractivity contribution in [3.63, 3.8) is 0 Å². The van der Waals surface area contributed by atoms with Crippen LogP contribution in [0.5, 0.6) is 0 Å². The van der Waals surface area contributed by atoms with Gasteiger partial charge in [0.15, 0.2) is 5.82 Å². The second kappa shape index (κ2) is 4.39. The predicted octanol–water partition coefficient (Wildman–Crippen LogP) is 0.325.